The lowest BCUT2D eigenvalue weighted by atomic mass is 9.92. The summed E-state index contributed by atoms with van der Waals surface area (Å²) in [6.45, 7) is 28.0. The molecule has 4 aromatic rings. The molecule has 0 radical (unpaired) electrons. The molecule has 1 aliphatic rings. The van der Waals surface area contributed by atoms with Gasteiger partial charge in [0, 0.05) is 43.4 Å². The Morgan fingerprint density at radius 2 is 1.33 bits per heavy atom. The first-order chi connectivity index (χ1) is 24.3. The lowest BCUT2D eigenvalue weighted by molar-refractivity contribution is 0.316. The maximum atomic E-state index is 4.61. The number of hydrogen-bond acceptors (Lipinski definition) is 3. The van der Waals surface area contributed by atoms with Crippen LogP contribution in [0.3, 0.4) is 0 Å². The van der Waals surface area contributed by atoms with Gasteiger partial charge in [-0.15, -0.1) is 0 Å². The first kappa shape index (κ1) is 38.1. The van der Waals surface area contributed by atoms with Crippen LogP contribution in [0.2, 0.25) is 25.2 Å². The van der Waals surface area contributed by atoms with E-state index in [1.165, 1.54) is 39.2 Å². The van der Waals surface area contributed by atoms with E-state index in [1.807, 2.05) is 0 Å². The Kier molecular flexibility index (Phi) is 12.3. The van der Waals surface area contributed by atoms with Crippen molar-refractivity contribution < 1.29 is 0 Å². The quantitative estimate of drug-likeness (QED) is 0.0986. The number of para-hydroxylation sites is 3. The zero-order chi connectivity index (χ0) is 36.9. The molecule has 0 heterocycles. The smallest absolute Gasteiger partial charge is 0.0650 e. The van der Waals surface area contributed by atoms with E-state index >= 15 is 0 Å². The molecule has 0 spiro atoms. The molecule has 51 heavy (non-hydrogen) atoms. The van der Waals surface area contributed by atoms with E-state index in [-0.39, 0.29) is 0 Å². The molecule has 0 amide bonds. The molecule has 5 rings (SSSR count). The fourth-order valence-corrected chi connectivity index (χ4v) is 7.94. The second-order valence-corrected chi connectivity index (χ2v) is 21.9. The largest absolute Gasteiger partial charge is 0.353 e. The summed E-state index contributed by atoms with van der Waals surface area (Å²) in [5, 5.41) is 4.03. The summed E-state index contributed by atoms with van der Waals surface area (Å²) in [7, 11) is 1.07. The zero-order valence-corrected chi connectivity index (χ0v) is 33.9. The van der Waals surface area contributed by atoms with Crippen LogP contribution in [0.5, 0.6) is 0 Å². The highest BCUT2D eigenvalue weighted by Crippen LogP contribution is 2.49. The van der Waals surface area contributed by atoms with Gasteiger partial charge in [-0.3, -0.25) is 4.90 Å². The summed E-state index contributed by atoms with van der Waals surface area (Å²) in [5.41, 5.74) is 12.7. The molecular formula is C47H61N3Si. The minimum absolute atomic E-state index is 0.404. The number of benzene rings is 4. The van der Waals surface area contributed by atoms with Gasteiger partial charge in [-0.25, -0.2) is 0 Å². The molecule has 1 aliphatic carbocycles. The van der Waals surface area contributed by atoms with Crippen LogP contribution in [0, 0.1) is 17.8 Å². The summed E-state index contributed by atoms with van der Waals surface area (Å²) in [6, 6.07) is 37.8. The summed E-state index contributed by atoms with van der Waals surface area (Å²) in [5.74, 6) is 1.42. The first-order valence-electron chi connectivity index (χ1n) is 19.0. The standard InChI is InChI=1S/C47H61N3Si/c1-12-22-34(4)45(44-37(7)46(44)49(8)32-36(6)51(9,10)11)48-42-29-19-20-30-43(42)50(31-35(5)33(2)3)47-40(38-23-15-13-16-24-38)27-21-28-41(47)39-25-17-14-18-26-39/h12-30,33,35-37,46,48H,4,31-32H2,1-3,5-11H3/b22-12-,45-44-/t35-,36?,37?,46?/m0/s1. The first-order valence-corrected chi connectivity index (χ1v) is 22.5. The monoisotopic (exact) mass is 695 g/mol. The molecule has 0 saturated heterocycles. The van der Waals surface area contributed by atoms with Gasteiger partial charge in [0.25, 0.3) is 0 Å². The van der Waals surface area contributed by atoms with Crippen molar-refractivity contribution in [1.29, 1.82) is 0 Å². The lowest BCUT2D eigenvalue weighted by Gasteiger charge is -2.35. The van der Waals surface area contributed by atoms with E-state index in [0.29, 0.717) is 29.3 Å². The molecule has 4 aromatic carbocycles. The normalized spacial score (nSPS) is 18.2. The van der Waals surface area contributed by atoms with Crippen LogP contribution in [-0.2, 0) is 0 Å². The number of anilines is 3. The highest BCUT2D eigenvalue weighted by molar-refractivity contribution is 6.77. The molecular weight excluding hydrogens is 635 g/mol. The van der Waals surface area contributed by atoms with Crippen LogP contribution in [0.25, 0.3) is 22.3 Å². The fraction of sp³-hybridized carbons (Fsp3) is 0.362. The van der Waals surface area contributed by atoms with Crippen LogP contribution >= 0.6 is 0 Å². The predicted octanol–water partition coefficient (Wildman–Crippen LogP) is 12.9. The van der Waals surface area contributed by atoms with Gasteiger partial charge in [0.15, 0.2) is 0 Å². The van der Waals surface area contributed by atoms with Crippen molar-refractivity contribution in [2.24, 2.45) is 17.8 Å². The number of likely N-dealkylation sites (N-methyl/N-ethyl adjacent to an activating group) is 1. The van der Waals surface area contributed by atoms with E-state index in [0.717, 1.165) is 30.0 Å². The minimum atomic E-state index is -1.25. The van der Waals surface area contributed by atoms with Crippen molar-refractivity contribution in [3.63, 3.8) is 0 Å². The van der Waals surface area contributed by atoms with Gasteiger partial charge in [-0.1, -0.05) is 164 Å². The van der Waals surface area contributed by atoms with Crippen molar-refractivity contribution in [3.8, 4) is 22.3 Å². The number of nitrogens with zero attached hydrogens (tertiary/aromatic N) is 2. The van der Waals surface area contributed by atoms with Crippen LogP contribution in [0.1, 0.15) is 41.5 Å². The van der Waals surface area contributed by atoms with Gasteiger partial charge in [0.05, 0.1) is 17.1 Å². The average molecular weight is 696 g/mol. The third-order valence-electron chi connectivity index (χ3n) is 11.2. The molecule has 1 saturated carbocycles. The molecule has 0 aromatic heterocycles. The van der Waals surface area contributed by atoms with Crippen molar-refractivity contribution in [2.45, 2.75) is 72.8 Å². The topological polar surface area (TPSA) is 18.5 Å². The van der Waals surface area contributed by atoms with Crippen LogP contribution < -0.4 is 10.2 Å². The Labute approximate surface area is 310 Å². The molecule has 1 fully saturated rings. The van der Waals surface area contributed by atoms with Crippen molar-refractivity contribution in [1.82, 2.24) is 4.90 Å². The van der Waals surface area contributed by atoms with Gasteiger partial charge >= 0.3 is 0 Å². The SMILES string of the molecule is C=C(/C=C\C)/C(Nc1ccccc1N(C[C@H](C)C(C)C)c1c(-c2ccccc2)cccc1-c1ccccc1)=C1\C(C)C1N(C)CC(C)[Si](C)(C)C. The van der Waals surface area contributed by atoms with E-state index in [1.54, 1.807) is 0 Å². The van der Waals surface area contributed by atoms with Gasteiger partial charge in [0.1, 0.15) is 0 Å². The van der Waals surface area contributed by atoms with Crippen LogP contribution in [0.15, 0.2) is 139 Å². The van der Waals surface area contributed by atoms with Crippen molar-refractivity contribution in [3.05, 3.63) is 139 Å². The van der Waals surface area contributed by atoms with Crippen LogP contribution in [-0.4, -0.2) is 39.2 Å². The number of allylic oxidation sites excluding steroid dienone is 2. The summed E-state index contributed by atoms with van der Waals surface area (Å²) in [4.78, 5) is 5.19. The van der Waals surface area contributed by atoms with Crippen LogP contribution in [0.4, 0.5) is 17.1 Å². The summed E-state index contributed by atoms with van der Waals surface area (Å²) >= 11 is 0. The Hall–Kier alpha value is -4.12. The Morgan fingerprint density at radius 1 is 0.784 bits per heavy atom. The van der Waals surface area contributed by atoms with Crippen molar-refractivity contribution in [2.75, 3.05) is 30.4 Å². The average Bonchev–Trinajstić information content (AvgIpc) is 3.79. The van der Waals surface area contributed by atoms with Gasteiger partial charge < -0.3 is 10.2 Å². The lowest BCUT2D eigenvalue weighted by Crippen LogP contribution is -2.36. The van der Waals surface area contributed by atoms with E-state index < -0.39 is 8.07 Å². The highest BCUT2D eigenvalue weighted by atomic mass is 28.3. The molecule has 3 nitrogen and oxygen atoms in total. The maximum Gasteiger partial charge on any atom is 0.0650 e. The second-order valence-electron chi connectivity index (χ2n) is 16.2. The van der Waals surface area contributed by atoms with E-state index in [4.69, 9.17) is 0 Å². The predicted molar refractivity (Wildman–Crippen MR) is 228 cm³/mol. The Balaban J connectivity index is 1.68. The third kappa shape index (κ3) is 8.85. The molecule has 4 heteroatoms. The molecule has 3 unspecified atom stereocenters. The second kappa shape index (κ2) is 16.5. The summed E-state index contributed by atoms with van der Waals surface area (Å²) in [6.07, 6.45) is 4.26. The summed E-state index contributed by atoms with van der Waals surface area (Å²) < 4.78 is 0. The van der Waals surface area contributed by atoms with Crippen molar-refractivity contribution >= 4 is 25.1 Å². The third-order valence-corrected chi connectivity index (χ3v) is 14.3. The highest BCUT2D eigenvalue weighted by Gasteiger charge is 2.46. The Morgan fingerprint density at radius 3 is 1.86 bits per heavy atom. The Bertz CT molecular complexity index is 1770. The minimum Gasteiger partial charge on any atom is -0.353 e. The van der Waals surface area contributed by atoms with E-state index in [2.05, 4.69) is 205 Å². The van der Waals surface area contributed by atoms with Gasteiger partial charge in [-0.05, 0) is 72.3 Å². The fourth-order valence-electron chi connectivity index (χ4n) is 7.11. The number of rotatable bonds is 15. The number of hydrogen-bond donors (Lipinski definition) is 1. The zero-order valence-electron chi connectivity index (χ0n) is 32.9. The molecule has 268 valence electrons. The maximum absolute atomic E-state index is 4.61. The van der Waals surface area contributed by atoms with Gasteiger partial charge in [0.2, 0.25) is 0 Å². The molecule has 0 bridgehead atoms. The molecule has 1 N–H and O–H groups in total. The number of nitrogens with one attached hydrogen (secondary N) is 1. The molecule has 0 aliphatic heterocycles. The molecule has 4 atom stereocenters. The van der Waals surface area contributed by atoms with E-state index in [9.17, 15) is 0 Å². The van der Waals surface area contributed by atoms with Gasteiger partial charge in [-0.2, -0.15) is 0 Å².